The van der Waals surface area contributed by atoms with Crippen molar-refractivity contribution in [2.75, 3.05) is 13.1 Å². The first-order chi connectivity index (χ1) is 15.7. The number of hydrogen-bond donors (Lipinski definition) is 3. The van der Waals surface area contributed by atoms with Gasteiger partial charge in [-0.15, -0.1) is 0 Å². The molecule has 32 heavy (non-hydrogen) atoms. The fourth-order valence-corrected chi connectivity index (χ4v) is 4.29. The monoisotopic (exact) mass is 446 g/mol. The summed E-state index contributed by atoms with van der Waals surface area (Å²) in [6.07, 6.45) is 3.50. The first-order valence-electron chi connectivity index (χ1n) is 10.6. The van der Waals surface area contributed by atoms with Crippen LogP contribution in [0, 0.1) is 0 Å². The highest BCUT2D eigenvalue weighted by Gasteiger charge is 2.29. The highest BCUT2D eigenvalue weighted by Crippen LogP contribution is 2.25. The number of ether oxygens (including phenoxy) is 1. The van der Waals surface area contributed by atoms with E-state index in [0.717, 1.165) is 29.7 Å². The van der Waals surface area contributed by atoms with Crippen LogP contribution in [-0.4, -0.2) is 35.0 Å². The number of rotatable bonds is 6. The van der Waals surface area contributed by atoms with Crippen LogP contribution in [0.25, 0.3) is 11.0 Å². The van der Waals surface area contributed by atoms with Crippen LogP contribution in [0.2, 0.25) is 5.02 Å². The summed E-state index contributed by atoms with van der Waals surface area (Å²) in [5, 5.41) is 8.10. The van der Waals surface area contributed by atoms with Crippen LogP contribution in [0.15, 0.2) is 73.1 Å². The van der Waals surface area contributed by atoms with Gasteiger partial charge in [0.1, 0.15) is 18.0 Å². The minimum absolute atomic E-state index is 0.0273. The predicted molar refractivity (Wildman–Crippen MR) is 125 cm³/mol. The third-order valence-electron chi connectivity index (χ3n) is 5.84. The van der Waals surface area contributed by atoms with Crippen molar-refractivity contribution in [2.45, 2.75) is 18.6 Å². The first-order valence-corrected chi connectivity index (χ1v) is 11.0. The Morgan fingerprint density at radius 2 is 2.00 bits per heavy atom. The maximum atomic E-state index is 13.0. The van der Waals surface area contributed by atoms with Gasteiger partial charge in [-0.25, -0.2) is 4.98 Å². The minimum Gasteiger partial charge on any atom is -0.487 e. The Kier molecular flexibility index (Phi) is 5.79. The van der Waals surface area contributed by atoms with Gasteiger partial charge in [-0.05, 0) is 35.9 Å². The fraction of sp³-hybridized carbons (Fsp3) is 0.200. The second kappa shape index (κ2) is 9.02. The summed E-state index contributed by atoms with van der Waals surface area (Å²) < 4.78 is 5.89. The van der Waals surface area contributed by atoms with Crippen molar-refractivity contribution in [3.8, 4) is 5.75 Å². The molecule has 1 amide bonds. The summed E-state index contributed by atoms with van der Waals surface area (Å²) in [6.45, 7) is 1.83. The van der Waals surface area contributed by atoms with Gasteiger partial charge < -0.3 is 20.4 Å². The molecule has 7 heteroatoms. The Labute approximate surface area is 191 Å². The first kappa shape index (κ1) is 20.5. The van der Waals surface area contributed by atoms with Gasteiger partial charge in [-0.1, -0.05) is 41.9 Å². The number of aromatic amines is 1. The van der Waals surface area contributed by atoms with E-state index in [9.17, 15) is 4.79 Å². The molecule has 1 fully saturated rings. The molecule has 3 N–H and O–H groups in total. The zero-order chi connectivity index (χ0) is 21.9. The summed E-state index contributed by atoms with van der Waals surface area (Å²) in [5.41, 5.74) is 3.34. The van der Waals surface area contributed by atoms with Crippen LogP contribution in [0.5, 0.6) is 5.75 Å². The fourth-order valence-electron chi connectivity index (χ4n) is 4.12. The number of nitrogens with one attached hydrogen (secondary N) is 3. The number of carbonyl (C=O) groups is 1. The van der Waals surface area contributed by atoms with E-state index in [-0.39, 0.29) is 24.5 Å². The van der Waals surface area contributed by atoms with Crippen LogP contribution in [0.3, 0.4) is 0 Å². The molecule has 0 bridgehead atoms. The van der Waals surface area contributed by atoms with Crippen LogP contribution in [0.1, 0.15) is 27.4 Å². The molecule has 4 aromatic rings. The zero-order valence-corrected chi connectivity index (χ0v) is 18.1. The molecule has 0 aliphatic carbocycles. The van der Waals surface area contributed by atoms with Crippen molar-refractivity contribution < 1.29 is 9.53 Å². The largest absolute Gasteiger partial charge is 0.487 e. The Morgan fingerprint density at radius 1 is 1.12 bits per heavy atom. The van der Waals surface area contributed by atoms with E-state index >= 15 is 0 Å². The van der Waals surface area contributed by atoms with Crippen molar-refractivity contribution in [1.29, 1.82) is 0 Å². The van der Waals surface area contributed by atoms with Crippen molar-refractivity contribution in [3.05, 3.63) is 94.8 Å². The number of aromatic nitrogens is 2. The maximum Gasteiger partial charge on any atom is 0.251 e. The SMILES string of the molecule is O=C(N[C@@H]1CNC[C@H]1c1ccccc1)c1ccc(Cl)c(COc2cnc3[nH]ccc3c2)c1. The lowest BCUT2D eigenvalue weighted by Crippen LogP contribution is -2.39. The van der Waals surface area contributed by atoms with Gasteiger partial charge in [0.05, 0.1) is 6.20 Å². The topological polar surface area (TPSA) is 79.0 Å². The second-order valence-electron chi connectivity index (χ2n) is 7.94. The highest BCUT2D eigenvalue weighted by molar-refractivity contribution is 6.31. The summed E-state index contributed by atoms with van der Waals surface area (Å²) in [7, 11) is 0. The van der Waals surface area contributed by atoms with Crippen molar-refractivity contribution in [3.63, 3.8) is 0 Å². The summed E-state index contributed by atoms with van der Waals surface area (Å²) >= 11 is 6.38. The van der Waals surface area contributed by atoms with E-state index in [1.165, 1.54) is 5.56 Å². The average Bonchev–Trinajstić information content (AvgIpc) is 3.48. The van der Waals surface area contributed by atoms with E-state index in [2.05, 4.69) is 32.7 Å². The van der Waals surface area contributed by atoms with Gasteiger partial charge >= 0.3 is 0 Å². The molecule has 3 heterocycles. The van der Waals surface area contributed by atoms with Gasteiger partial charge in [0, 0.05) is 52.8 Å². The second-order valence-corrected chi connectivity index (χ2v) is 8.34. The Hall–Kier alpha value is -3.35. The van der Waals surface area contributed by atoms with Crippen LogP contribution in [-0.2, 0) is 6.61 Å². The van der Waals surface area contributed by atoms with Gasteiger partial charge in [-0.2, -0.15) is 0 Å². The van der Waals surface area contributed by atoms with Crippen molar-refractivity contribution in [2.24, 2.45) is 0 Å². The molecule has 5 rings (SSSR count). The summed E-state index contributed by atoms with van der Waals surface area (Å²) in [5.74, 6) is 0.768. The molecule has 2 aromatic heterocycles. The number of benzene rings is 2. The Balaban J connectivity index is 1.27. The average molecular weight is 447 g/mol. The molecule has 2 atom stereocenters. The lowest BCUT2D eigenvalue weighted by molar-refractivity contribution is 0.0937. The third kappa shape index (κ3) is 4.33. The van der Waals surface area contributed by atoms with Crippen LogP contribution < -0.4 is 15.4 Å². The van der Waals surface area contributed by atoms with Crippen LogP contribution in [0.4, 0.5) is 0 Å². The van der Waals surface area contributed by atoms with E-state index in [1.54, 1.807) is 24.4 Å². The standard InChI is InChI=1S/C25H23ClN4O2/c26-22-7-6-18(10-19(22)15-32-20-11-17-8-9-28-24(17)29-12-20)25(31)30-23-14-27-13-21(23)16-4-2-1-3-5-16/h1-12,21,23,27H,13-15H2,(H,28,29)(H,30,31)/t21-,23+/m0/s1. The number of halogens is 1. The number of nitrogens with zero attached hydrogens (tertiary/aromatic N) is 1. The molecule has 1 aliphatic rings. The van der Waals surface area contributed by atoms with Crippen molar-refractivity contribution in [1.82, 2.24) is 20.6 Å². The maximum absolute atomic E-state index is 13.0. The van der Waals surface area contributed by atoms with E-state index in [0.29, 0.717) is 16.3 Å². The molecule has 1 saturated heterocycles. The predicted octanol–water partition coefficient (Wildman–Crippen LogP) is 4.28. The van der Waals surface area contributed by atoms with E-state index < -0.39 is 0 Å². The van der Waals surface area contributed by atoms with E-state index in [4.69, 9.17) is 16.3 Å². The third-order valence-corrected chi connectivity index (χ3v) is 6.20. The van der Waals surface area contributed by atoms with Crippen molar-refractivity contribution >= 4 is 28.5 Å². The summed E-state index contributed by atoms with van der Waals surface area (Å²) in [6, 6.07) is 19.4. The molecular weight excluding hydrogens is 424 g/mol. The smallest absolute Gasteiger partial charge is 0.251 e. The lowest BCUT2D eigenvalue weighted by atomic mass is 9.94. The van der Waals surface area contributed by atoms with Gasteiger partial charge in [-0.3, -0.25) is 4.79 Å². The van der Waals surface area contributed by atoms with Gasteiger partial charge in [0.25, 0.3) is 5.91 Å². The number of H-pyrrole nitrogens is 1. The Bertz CT molecular complexity index is 1240. The lowest BCUT2D eigenvalue weighted by Gasteiger charge is -2.20. The normalized spacial score (nSPS) is 18.0. The zero-order valence-electron chi connectivity index (χ0n) is 17.3. The number of pyridine rings is 1. The Morgan fingerprint density at radius 3 is 2.88 bits per heavy atom. The van der Waals surface area contributed by atoms with E-state index in [1.807, 2.05) is 36.5 Å². The molecule has 0 radical (unpaired) electrons. The molecule has 2 aromatic carbocycles. The molecular formula is C25H23ClN4O2. The molecule has 0 saturated carbocycles. The molecule has 162 valence electrons. The minimum atomic E-state index is -0.118. The highest BCUT2D eigenvalue weighted by atomic mass is 35.5. The molecule has 1 aliphatic heterocycles. The molecule has 0 unspecified atom stereocenters. The van der Waals surface area contributed by atoms with Gasteiger partial charge in [0.2, 0.25) is 0 Å². The summed E-state index contributed by atoms with van der Waals surface area (Å²) in [4.78, 5) is 20.4. The number of amides is 1. The number of hydrogen-bond acceptors (Lipinski definition) is 4. The van der Waals surface area contributed by atoms with Gasteiger partial charge in [0.15, 0.2) is 0 Å². The van der Waals surface area contributed by atoms with Crippen LogP contribution >= 0.6 is 11.6 Å². The number of carbonyl (C=O) groups excluding carboxylic acids is 1. The quantitative estimate of drug-likeness (QED) is 0.413. The number of fused-ring (bicyclic) bond motifs is 1. The molecule has 0 spiro atoms. The molecule has 6 nitrogen and oxygen atoms in total.